The van der Waals surface area contributed by atoms with Gasteiger partial charge in [0.15, 0.2) is 0 Å². The van der Waals surface area contributed by atoms with Gasteiger partial charge in [0.1, 0.15) is 17.3 Å². The lowest BCUT2D eigenvalue weighted by atomic mass is 10.2. The highest BCUT2D eigenvalue weighted by atomic mass is 35.5. The van der Waals surface area contributed by atoms with Gasteiger partial charge in [-0.05, 0) is 19.9 Å². The molecule has 1 fully saturated rings. The minimum absolute atomic E-state index is 0.438. The number of rotatable bonds is 5. The van der Waals surface area contributed by atoms with E-state index >= 15 is 0 Å². The summed E-state index contributed by atoms with van der Waals surface area (Å²) < 4.78 is 27.5. The Kier molecular flexibility index (Phi) is 6.07. The van der Waals surface area contributed by atoms with Crippen LogP contribution in [0.4, 0.5) is 5.82 Å². The van der Waals surface area contributed by atoms with Crippen molar-refractivity contribution >= 4 is 38.8 Å². The van der Waals surface area contributed by atoms with Crippen molar-refractivity contribution in [1.29, 1.82) is 0 Å². The van der Waals surface area contributed by atoms with Gasteiger partial charge < -0.3 is 4.90 Å². The summed E-state index contributed by atoms with van der Waals surface area (Å²) in [5, 5.41) is 0.438. The molecule has 10 heteroatoms. The second-order valence-electron chi connectivity index (χ2n) is 6.82. The van der Waals surface area contributed by atoms with Crippen LogP contribution in [-0.4, -0.2) is 67.9 Å². The van der Waals surface area contributed by atoms with E-state index < -0.39 is 10.0 Å². The van der Waals surface area contributed by atoms with Crippen LogP contribution in [0.25, 0.3) is 0 Å². The summed E-state index contributed by atoms with van der Waals surface area (Å²) >= 11 is 7.80. The number of aromatic nitrogens is 2. The van der Waals surface area contributed by atoms with Crippen molar-refractivity contribution in [1.82, 2.24) is 19.2 Å². The molecule has 0 radical (unpaired) electrons. The van der Waals surface area contributed by atoms with Crippen molar-refractivity contribution in [2.75, 3.05) is 45.2 Å². The standard InChI is InChI=1S/C17H24ClN5O2S2/c1-12-9-15(13(2)26-12)27(24,25)23-7-5-22(6-8-23)10-14-16(18)19-11-20-17(14)21(3)4/h9,11H,5-8,10H2,1-4H3. The molecule has 3 rings (SSSR count). The van der Waals surface area contributed by atoms with E-state index in [-0.39, 0.29) is 0 Å². The molecule has 1 aliphatic heterocycles. The van der Waals surface area contributed by atoms with Gasteiger partial charge in [-0.1, -0.05) is 11.6 Å². The van der Waals surface area contributed by atoms with Gasteiger partial charge >= 0.3 is 0 Å². The molecule has 7 nitrogen and oxygen atoms in total. The average Bonchev–Trinajstić information content (AvgIpc) is 2.96. The predicted molar refractivity (Wildman–Crippen MR) is 109 cm³/mol. The Balaban J connectivity index is 1.71. The number of anilines is 1. The van der Waals surface area contributed by atoms with Gasteiger partial charge in [0.05, 0.1) is 4.90 Å². The normalized spacial score (nSPS) is 16.6. The molecule has 1 aliphatic rings. The fourth-order valence-electron chi connectivity index (χ4n) is 3.26. The first-order chi connectivity index (χ1) is 12.7. The highest BCUT2D eigenvalue weighted by molar-refractivity contribution is 7.89. The van der Waals surface area contributed by atoms with Crippen LogP contribution in [-0.2, 0) is 16.6 Å². The van der Waals surface area contributed by atoms with Crippen molar-refractivity contribution in [2.24, 2.45) is 0 Å². The van der Waals surface area contributed by atoms with Crippen molar-refractivity contribution in [3.8, 4) is 0 Å². The number of piperazine rings is 1. The maximum atomic E-state index is 13.0. The minimum Gasteiger partial charge on any atom is -0.362 e. The summed E-state index contributed by atoms with van der Waals surface area (Å²) in [7, 11) is 0.389. The molecule has 2 aromatic heterocycles. The third-order valence-electron chi connectivity index (χ3n) is 4.62. The molecule has 0 bridgehead atoms. The molecule has 0 spiro atoms. The molecular formula is C17H24ClN5O2S2. The number of thiophene rings is 1. The van der Waals surface area contributed by atoms with E-state index in [2.05, 4.69) is 14.9 Å². The van der Waals surface area contributed by atoms with Gasteiger partial charge in [-0.25, -0.2) is 18.4 Å². The lowest BCUT2D eigenvalue weighted by molar-refractivity contribution is 0.181. The number of hydrogen-bond acceptors (Lipinski definition) is 7. The van der Waals surface area contributed by atoms with Crippen LogP contribution in [0.15, 0.2) is 17.3 Å². The summed E-state index contributed by atoms with van der Waals surface area (Å²) in [5.74, 6) is 0.787. The van der Waals surface area contributed by atoms with Gasteiger partial charge in [-0.3, -0.25) is 4.90 Å². The van der Waals surface area contributed by atoms with Crippen LogP contribution in [0.3, 0.4) is 0 Å². The molecule has 0 atom stereocenters. The first-order valence-corrected chi connectivity index (χ1v) is 11.3. The Bertz CT molecular complexity index is 921. The zero-order valence-electron chi connectivity index (χ0n) is 15.9. The summed E-state index contributed by atoms with van der Waals surface area (Å²) in [5.41, 5.74) is 0.866. The molecule has 3 heterocycles. The Morgan fingerprint density at radius 2 is 1.85 bits per heavy atom. The van der Waals surface area contributed by atoms with Gasteiger partial charge in [0, 0.05) is 62.1 Å². The Hall–Kier alpha value is -1.26. The number of aryl methyl sites for hydroxylation is 2. The van der Waals surface area contributed by atoms with E-state index in [4.69, 9.17) is 11.6 Å². The molecule has 2 aromatic rings. The summed E-state index contributed by atoms with van der Waals surface area (Å²) in [4.78, 5) is 14.8. The van der Waals surface area contributed by atoms with E-state index in [0.29, 0.717) is 42.8 Å². The summed E-state index contributed by atoms with van der Waals surface area (Å²) in [6.45, 7) is 6.58. The molecule has 0 N–H and O–H groups in total. The topological polar surface area (TPSA) is 69.6 Å². The number of sulfonamides is 1. The van der Waals surface area contributed by atoms with Crippen molar-refractivity contribution in [3.63, 3.8) is 0 Å². The lowest BCUT2D eigenvalue weighted by Gasteiger charge is -2.34. The van der Waals surface area contributed by atoms with Gasteiger partial charge in [0.2, 0.25) is 10.0 Å². The van der Waals surface area contributed by atoms with Crippen LogP contribution in [0.2, 0.25) is 5.15 Å². The SMILES string of the molecule is Cc1cc(S(=O)(=O)N2CCN(Cc3c(Cl)ncnc3N(C)C)CC2)c(C)s1. The molecular weight excluding hydrogens is 406 g/mol. The molecule has 27 heavy (non-hydrogen) atoms. The van der Waals surface area contributed by atoms with Crippen LogP contribution >= 0.6 is 22.9 Å². The zero-order chi connectivity index (χ0) is 19.8. The first-order valence-electron chi connectivity index (χ1n) is 8.66. The lowest BCUT2D eigenvalue weighted by Crippen LogP contribution is -2.48. The van der Waals surface area contributed by atoms with Crippen LogP contribution < -0.4 is 4.90 Å². The minimum atomic E-state index is -3.44. The smallest absolute Gasteiger partial charge is 0.244 e. The van der Waals surface area contributed by atoms with Crippen molar-refractivity contribution in [2.45, 2.75) is 25.3 Å². The first kappa shape index (κ1) is 20.5. The molecule has 0 unspecified atom stereocenters. The third-order valence-corrected chi connectivity index (χ3v) is 8.07. The van der Waals surface area contributed by atoms with Crippen LogP contribution in [0.1, 0.15) is 15.3 Å². The zero-order valence-corrected chi connectivity index (χ0v) is 18.3. The van der Waals surface area contributed by atoms with E-state index in [0.717, 1.165) is 21.1 Å². The van der Waals surface area contributed by atoms with E-state index in [1.807, 2.05) is 32.8 Å². The van der Waals surface area contributed by atoms with E-state index in [1.54, 1.807) is 10.4 Å². The monoisotopic (exact) mass is 429 g/mol. The average molecular weight is 430 g/mol. The second kappa shape index (κ2) is 8.00. The van der Waals surface area contributed by atoms with E-state index in [9.17, 15) is 8.42 Å². The molecule has 0 aliphatic carbocycles. The van der Waals surface area contributed by atoms with Crippen LogP contribution in [0, 0.1) is 13.8 Å². The fraction of sp³-hybridized carbons (Fsp3) is 0.529. The quantitative estimate of drug-likeness (QED) is 0.679. The summed E-state index contributed by atoms with van der Waals surface area (Å²) in [6, 6.07) is 1.77. The highest BCUT2D eigenvalue weighted by Crippen LogP contribution is 2.29. The maximum Gasteiger partial charge on any atom is 0.244 e. The van der Waals surface area contributed by atoms with Crippen molar-refractivity contribution in [3.05, 3.63) is 32.9 Å². The second-order valence-corrected chi connectivity index (χ2v) is 10.5. The number of nitrogens with zero attached hydrogens (tertiary/aromatic N) is 5. The molecule has 0 aromatic carbocycles. The molecule has 148 valence electrons. The van der Waals surface area contributed by atoms with E-state index in [1.165, 1.54) is 17.7 Å². The largest absolute Gasteiger partial charge is 0.362 e. The Labute approximate surface area is 169 Å². The fourth-order valence-corrected chi connectivity index (χ4v) is 6.39. The van der Waals surface area contributed by atoms with Gasteiger partial charge in [-0.15, -0.1) is 11.3 Å². The maximum absolute atomic E-state index is 13.0. The van der Waals surface area contributed by atoms with Crippen LogP contribution in [0.5, 0.6) is 0 Å². The molecule has 1 saturated heterocycles. The Morgan fingerprint density at radius 1 is 1.19 bits per heavy atom. The Morgan fingerprint density at radius 3 is 2.41 bits per heavy atom. The molecule has 0 saturated carbocycles. The number of hydrogen-bond donors (Lipinski definition) is 0. The van der Waals surface area contributed by atoms with Gasteiger partial charge in [0.25, 0.3) is 0 Å². The third kappa shape index (κ3) is 4.27. The van der Waals surface area contributed by atoms with Gasteiger partial charge in [-0.2, -0.15) is 4.31 Å². The summed E-state index contributed by atoms with van der Waals surface area (Å²) in [6.07, 6.45) is 1.46. The number of halogens is 1. The predicted octanol–water partition coefficient (Wildman–Crippen LogP) is 2.38. The highest BCUT2D eigenvalue weighted by Gasteiger charge is 2.31. The van der Waals surface area contributed by atoms with Crippen molar-refractivity contribution < 1.29 is 8.42 Å². The molecule has 0 amide bonds.